The summed E-state index contributed by atoms with van der Waals surface area (Å²) < 4.78 is 0. The van der Waals surface area contributed by atoms with Gasteiger partial charge in [0, 0.05) is 12.5 Å². The zero-order valence-electron chi connectivity index (χ0n) is 13.8. The van der Waals surface area contributed by atoms with Crippen molar-refractivity contribution in [1.82, 2.24) is 0 Å². The summed E-state index contributed by atoms with van der Waals surface area (Å²) >= 11 is 0. The van der Waals surface area contributed by atoms with E-state index in [4.69, 9.17) is 5.21 Å². The van der Waals surface area contributed by atoms with Crippen molar-refractivity contribution < 1.29 is 20.9 Å². The topological polar surface area (TPSA) is 120 Å². The van der Waals surface area contributed by atoms with Gasteiger partial charge in [-0.25, -0.2) is 10.4 Å². The molecule has 2 unspecified atom stereocenters. The predicted molar refractivity (Wildman–Crippen MR) is 90.3 cm³/mol. The van der Waals surface area contributed by atoms with E-state index in [1.807, 2.05) is 19.1 Å². The average Bonchev–Trinajstić information content (AvgIpc) is 2.62. The van der Waals surface area contributed by atoms with Gasteiger partial charge < -0.3 is 10.4 Å². The van der Waals surface area contributed by atoms with Crippen molar-refractivity contribution >= 4 is 22.8 Å². The zero-order chi connectivity index (χ0) is 17.9. The Balaban J connectivity index is 2.29. The number of allylic oxidation sites excluding steroid dienone is 4. The number of hydrogen-bond acceptors (Lipinski definition) is 6. The van der Waals surface area contributed by atoms with E-state index >= 15 is 0 Å². The van der Waals surface area contributed by atoms with Crippen molar-refractivity contribution in [3.05, 3.63) is 52.4 Å². The molecule has 1 aromatic carbocycles. The van der Waals surface area contributed by atoms with E-state index in [0.29, 0.717) is 6.42 Å². The third-order valence-corrected chi connectivity index (χ3v) is 3.65. The van der Waals surface area contributed by atoms with Gasteiger partial charge in [0.25, 0.3) is 0 Å². The van der Waals surface area contributed by atoms with E-state index in [2.05, 4.69) is 30.5 Å². The molecule has 0 saturated carbocycles. The molecule has 8 heteroatoms. The molecule has 0 radical (unpaired) electrons. The van der Waals surface area contributed by atoms with E-state index in [9.17, 15) is 15.6 Å². The first-order valence-electron chi connectivity index (χ1n) is 7.49. The summed E-state index contributed by atoms with van der Waals surface area (Å²) in [6.45, 7) is 6.16. The van der Waals surface area contributed by atoms with Crippen molar-refractivity contribution in [2.45, 2.75) is 27.2 Å². The number of quaternary nitrogens is 2. The van der Waals surface area contributed by atoms with Gasteiger partial charge in [0.2, 0.25) is 0 Å². The maximum atomic E-state index is 11.4. The van der Waals surface area contributed by atoms with Gasteiger partial charge in [-0.1, -0.05) is 26.0 Å². The van der Waals surface area contributed by atoms with Crippen molar-refractivity contribution in [2.75, 3.05) is 5.43 Å². The Bertz CT molecular complexity index is 693. The highest BCUT2D eigenvalue weighted by atomic mass is 16.8. The Morgan fingerprint density at radius 1 is 1.21 bits per heavy atom. The van der Waals surface area contributed by atoms with Crippen LogP contribution in [0.25, 0.3) is 0 Å². The fourth-order valence-electron chi connectivity index (χ4n) is 2.40. The lowest BCUT2D eigenvalue weighted by molar-refractivity contribution is -0.996. The third kappa shape index (κ3) is 4.71. The van der Waals surface area contributed by atoms with Crippen LogP contribution in [0.4, 0.5) is 17.1 Å². The van der Waals surface area contributed by atoms with E-state index in [-0.39, 0.29) is 22.5 Å². The molecule has 0 fully saturated rings. The molecule has 5 N–H and O–H groups in total. The molecule has 1 aliphatic carbocycles. The molecule has 1 aliphatic rings. The Morgan fingerprint density at radius 2 is 1.92 bits per heavy atom. The maximum absolute atomic E-state index is 11.4. The lowest BCUT2D eigenvalue weighted by atomic mass is 9.88. The summed E-state index contributed by atoms with van der Waals surface area (Å²) in [5.74, 6) is 0. The fourth-order valence-corrected chi connectivity index (χ4v) is 2.40. The smallest absolute Gasteiger partial charge is 0.195 e. The molecule has 130 valence electrons. The lowest BCUT2D eigenvalue weighted by Crippen LogP contribution is -3.00. The molecule has 0 aliphatic heterocycles. The molecule has 0 amide bonds. The summed E-state index contributed by atoms with van der Waals surface area (Å²) in [6, 6.07) is 3.87. The van der Waals surface area contributed by atoms with E-state index in [1.165, 1.54) is 12.1 Å². The summed E-state index contributed by atoms with van der Waals surface area (Å²) in [4.78, 5) is 0. The fraction of sp³-hybridized carbons (Fsp3) is 0.312. The molecular formula is C16H22N4O4. The minimum atomic E-state index is -1.21. The summed E-state index contributed by atoms with van der Waals surface area (Å²) in [5.41, 5.74) is 4.58. The third-order valence-electron chi connectivity index (χ3n) is 3.65. The van der Waals surface area contributed by atoms with Crippen molar-refractivity contribution in [2.24, 2.45) is 10.5 Å². The number of nitrogens with one attached hydrogen (secondary N) is 3. The summed E-state index contributed by atoms with van der Waals surface area (Å²) in [7, 11) is 0. The first kappa shape index (κ1) is 18.3. The van der Waals surface area contributed by atoms with Crippen LogP contribution in [0, 0.1) is 15.8 Å². The van der Waals surface area contributed by atoms with Crippen LogP contribution in [0.1, 0.15) is 27.2 Å². The summed E-state index contributed by atoms with van der Waals surface area (Å²) in [5, 5.41) is 42.5. The molecular weight excluding hydrogens is 312 g/mol. The molecule has 0 heterocycles. The quantitative estimate of drug-likeness (QED) is 0.530. The van der Waals surface area contributed by atoms with Crippen LogP contribution < -0.4 is 15.9 Å². The van der Waals surface area contributed by atoms with Crippen molar-refractivity contribution in [1.29, 1.82) is 0 Å². The van der Waals surface area contributed by atoms with Gasteiger partial charge in [0.15, 0.2) is 11.4 Å². The van der Waals surface area contributed by atoms with Gasteiger partial charge in [-0.05, 0) is 30.1 Å². The Labute approximate surface area is 140 Å². The molecule has 0 bridgehead atoms. The van der Waals surface area contributed by atoms with Gasteiger partial charge >= 0.3 is 0 Å². The average molecular weight is 334 g/mol. The number of hydrazone groups is 1. The standard InChI is InChI=1S/C16H22N4O4/c1-11-6-7-16(2,3)10-12(8-11)17-18-14-5-4-13(19(21)22)9-15(14)20(23)24/h4-9,18-21,23H,10H2,1-3H3. The van der Waals surface area contributed by atoms with E-state index in [1.54, 1.807) is 0 Å². The van der Waals surface area contributed by atoms with E-state index < -0.39 is 10.5 Å². The zero-order valence-corrected chi connectivity index (χ0v) is 13.8. The second-order valence-electron chi connectivity index (χ2n) is 6.47. The minimum Gasteiger partial charge on any atom is -0.595 e. The van der Waals surface area contributed by atoms with Crippen LogP contribution in [0.5, 0.6) is 0 Å². The number of anilines is 1. The normalized spacial score (nSPS) is 21.1. The molecule has 2 rings (SSSR count). The second kappa shape index (κ2) is 7.22. The molecule has 24 heavy (non-hydrogen) atoms. The van der Waals surface area contributed by atoms with Gasteiger partial charge in [-0.3, -0.25) is 5.43 Å². The lowest BCUT2D eigenvalue weighted by Gasteiger charge is -2.20. The van der Waals surface area contributed by atoms with Gasteiger partial charge in [-0.2, -0.15) is 15.6 Å². The van der Waals surface area contributed by atoms with Gasteiger partial charge in [0.1, 0.15) is 5.69 Å². The molecule has 8 nitrogen and oxygen atoms in total. The van der Waals surface area contributed by atoms with Crippen LogP contribution in [-0.2, 0) is 0 Å². The van der Waals surface area contributed by atoms with Crippen LogP contribution in [-0.4, -0.2) is 16.1 Å². The molecule has 2 atom stereocenters. The highest BCUT2D eigenvalue weighted by Crippen LogP contribution is 2.27. The largest absolute Gasteiger partial charge is 0.595 e. The Kier molecular flexibility index (Phi) is 5.50. The van der Waals surface area contributed by atoms with Crippen LogP contribution in [0.2, 0.25) is 0 Å². The molecule has 0 aromatic heterocycles. The Hall–Kier alpha value is -2.07. The highest BCUT2D eigenvalue weighted by molar-refractivity contribution is 5.97. The van der Waals surface area contributed by atoms with Crippen LogP contribution in [0.15, 0.2) is 47.1 Å². The van der Waals surface area contributed by atoms with Crippen LogP contribution in [0.3, 0.4) is 0 Å². The van der Waals surface area contributed by atoms with Crippen LogP contribution >= 0.6 is 0 Å². The number of nitrogens with zero attached hydrogens (tertiary/aromatic N) is 1. The van der Waals surface area contributed by atoms with Gasteiger partial charge in [-0.15, -0.1) is 0 Å². The number of rotatable bonds is 4. The summed E-state index contributed by atoms with van der Waals surface area (Å²) in [6.07, 6.45) is 6.78. The maximum Gasteiger partial charge on any atom is 0.195 e. The second-order valence-corrected chi connectivity index (χ2v) is 6.47. The first-order valence-corrected chi connectivity index (χ1v) is 7.49. The SMILES string of the molecule is CC1=CC(=NNc2ccc([NH+]([O-])O)cc2[NH+]([O-])O)CC(C)(C)C=C1. The predicted octanol–water partition coefficient (Wildman–Crippen LogP) is 1.19. The minimum absolute atomic E-state index is 0.0580. The number of hydrogen-bond donors (Lipinski definition) is 5. The molecule has 0 saturated heterocycles. The van der Waals surface area contributed by atoms with Crippen molar-refractivity contribution in [3.63, 3.8) is 0 Å². The highest BCUT2D eigenvalue weighted by Gasteiger charge is 2.19. The molecule has 1 aromatic rings. The monoisotopic (exact) mass is 334 g/mol. The molecule has 0 spiro atoms. The number of benzene rings is 1. The van der Waals surface area contributed by atoms with Crippen molar-refractivity contribution in [3.8, 4) is 0 Å². The first-order chi connectivity index (χ1) is 11.2. The Morgan fingerprint density at radius 3 is 2.54 bits per heavy atom. The van der Waals surface area contributed by atoms with E-state index in [0.717, 1.165) is 17.4 Å². The van der Waals surface area contributed by atoms with Gasteiger partial charge in [0.05, 0.1) is 11.8 Å².